The Morgan fingerprint density at radius 1 is 1.17 bits per heavy atom. The Bertz CT molecular complexity index is 1440. The summed E-state index contributed by atoms with van der Waals surface area (Å²) in [6.45, 7) is 2.25. The number of benzene rings is 1. The number of ether oxygens (including phenoxy) is 1. The predicted octanol–water partition coefficient (Wildman–Crippen LogP) is 3.44. The predicted molar refractivity (Wildman–Crippen MR) is 135 cm³/mol. The number of methoxy groups -OCH3 is 1. The number of rotatable bonds is 5. The van der Waals surface area contributed by atoms with E-state index in [0.717, 1.165) is 17.5 Å². The Hall–Kier alpha value is -3.70. The Morgan fingerprint density at radius 2 is 1.89 bits per heavy atom. The summed E-state index contributed by atoms with van der Waals surface area (Å²) in [4.78, 5) is 37.0. The van der Waals surface area contributed by atoms with Gasteiger partial charge < -0.3 is 19.6 Å². The number of thiazole rings is 1. The highest BCUT2D eigenvalue weighted by atomic mass is 35.5. The van der Waals surface area contributed by atoms with Gasteiger partial charge >= 0.3 is 5.97 Å². The van der Waals surface area contributed by atoms with Gasteiger partial charge in [0.05, 0.1) is 18.2 Å². The summed E-state index contributed by atoms with van der Waals surface area (Å²) in [6, 6.07) is 8.80. The Balaban J connectivity index is 0.00000289. The molecule has 4 heterocycles. The highest BCUT2D eigenvalue weighted by Crippen LogP contribution is 2.30. The number of carboxylic acids is 1. The summed E-state index contributed by atoms with van der Waals surface area (Å²) >= 11 is 1.26. The fourth-order valence-electron chi connectivity index (χ4n) is 4.12. The number of anilines is 2. The third kappa shape index (κ3) is 4.40. The minimum Gasteiger partial charge on any atom is -0.495 e. The van der Waals surface area contributed by atoms with Crippen molar-refractivity contribution in [2.75, 3.05) is 43.1 Å². The van der Waals surface area contributed by atoms with Gasteiger partial charge in [-0.2, -0.15) is 0 Å². The summed E-state index contributed by atoms with van der Waals surface area (Å²) in [7, 11) is 1.63. The van der Waals surface area contributed by atoms with Crippen molar-refractivity contribution < 1.29 is 19.0 Å². The van der Waals surface area contributed by atoms with Crippen LogP contribution in [0.2, 0.25) is 0 Å². The molecule has 5 rings (SSSR count). The van der Waals surface area contributed by atoms with Gasteiger partial charge in [0.1, 0.15) is 11.3 Å². The second-order valence-corrected chi connectivity index (χ2v) is 8.55. The maximum absolute atomic E-state index is 15.2. The zero-order valence-corrected chi connectivity index (χ0v) is 20.2. The van der Waals surface area contributed by atoms with Crippen LogP contribution in [0.4, 0.5) is 15.9 Å². The standard InChI is InChI=1S/C23H20FN5O4S.ClH/c1-33-18-5-3-2-4-17(18)27-7-9-28(10-8-27)21-16(24)12-14-19(30)15(22(31)32)13-29(20(14)26-21)23-25-6-11-34-23;/h2-6,11-13H,7-10H2,1H3,(H,31,32);1H. The van der Waals surface area contributed by atoms with Crippen molar-refractivity contribution in [3.8, 4) is 10.9 Å². The van der Waals surface area contributed by atoms with E-state index >= 15 is 4.39 Å². The molecule has 0 bridgehead atoms. The summed E-state index contributed by atoms with van der Waals surface area (Å²) < 4.78 is 22.1. The van der Waals surface area contributed by atoms with Gasteiger partial charge in [-0.15, -0.1) is 23.7 Å². The van der Waals surface area contributed by atoms with E-state index in [1.165, 1.54) is 22.1 Å². The van der Waals surface area contributed by atoms with E-state index in [1.54, 1.807) is 18.7 Å². The molecule has 1 N–H and O–H groups in total. The molecule has 35 heavy (non-hydrogen) atoms. The summed E-state index contributed by atoms with van der Waals surface area (Å²) in [5.74, 6) is -1.19. The molecule has 4 aromatic rings. The van der Waals surface area contributed by atoms with Gasteiger partial charge in [-0.05, 0) is 18.2 Å². The molecule has 0 unspecified atom stereocenters. The van der Waals surface area contributed by atoms with E-state index in [-0.39, 0.29) is 29.3 Å². The first-order chi connectivity index (χ1) is 16.5. The zero-order valence-electron chi connectivity index (χ0n) is 18.5. The number of hydrogen-bond acceptors (Lipinski definition) is 8. The Morgan fingerprint density at radius 3 is 2.54 bits per heavy atom. The van der Waals surface area contributed by atoms with Gasteiger partial charge in [0, 0.05) is 44.0 Å². The normalized spacial score (nSPS) is 13.5. The third-order valence-electron chi connectivity index (χ3n) is 5.77. The number of para-hydroxylation sites is 2. The number of halogens is 2. The number of hydrogen-bond donors (Lipinski definition) is 1. The molecule has 0 saturated carbocycles. The molecule has 0 spiro atoms. The SMILES string of the molecule is COc1ccccc1N1CCN(c2nc3c(cc2F)c(=O)c(C(=O)O)cn3-c2nccs2)CC1.Cl. The van der Waals surface area contributed by atoms with Gasteiger partial charge in [0.2, 0.25) is 5.43 Å². The molecule has 0 aliphatic carbocycles. The van der Waals surface area contributed by atoms with Crippen LogP contribution in [-0.2, 0) is 0 Å². The lowest BCUT2D eigenvalue weighted by atomic mass is 10.2. The van der Waals surface area contributed by atoms with Crippen LogP contribution in [0.5, 0.6) is 5.75 Å². The fraction of sp³-hybridized carbons (Fsp3) is 0.217. The molecule has 1 aliphatic rings. The van der Waals surface area contributed by atoms with Crippen LogP contribution < -0.4 is 20.0 Å². The first-order valence-corrected chi connectivity index (χ1v) is 11.4. The quantitative estimate of drug-likeness (QED) is 0.430. The number of nitrogens with zero attached hydrogens (tertiary/aromatic N) is 5. The molecule has 182 valence electrons. The largest absolute Gasteiger partial charge is 0.495 e. The number of fused-ring (bicyclic) bond motifs is 1. The van der Waals surface area contributed by atoms with E-state index in [9.17, 15) is 14.7 Å². The van der Waals surface area contributed by atoms with Gasteiger partial charge in [-0.25, -0.2) is 19.2 Å². The molecule has 1 aromatic carbocycles. The lowest BCUT2D eigenvalue weighted by Crippen LogP contribution is -2.47. The minimum absolute atomic E-state index is 0. The summed E-state index contributed by atoms with van der Waals surface area (Å²) in [5.41, 5.74) is -0.125. The summed E-state index contributed by atoms with van der Waals surface area (Å²) in [6.07, 6.45) is 2.76. The molecule has 12 heteroatoms. The van der Waals surface area contributed by atoms with Crippen molar-refractivity contribution in [3.05, 3.63) is 69.7 Å². The minimum atomic E-state index is -1.39. The molecule has 0 amide bonds. The van der Waals surface area contributed by atoms with Crippen molar-refractivity contribution in [2.24, 2.45) is 0 Å². The van der Waals surface area contributed by atoms with Crippen LogP contribution in [0.25, 0.3) is 16.2 Å². The van der Waals surface area contributed by atoms with E-state index in [4.69, 9.17) is 4.74 Å². The monoisotopic (exact) mass is 517 g/mol. The van der Waals surface area contributed by atoms with Crippen LogP contribution >= 0.6 is 23.7 Å². The lowest BCUT2D eigenvalue weighted by Gasteiger charge is -2.37. The molecule has 1 saturated heterocycles. The molecule has 1 fully saturated rings. The first kappa shape index (κ1) is 24.4. The zero-order chi connectivity index (χ0) is 23.8. The number of carbonyl (C=O) groups is 1. The number of aromatic nitrogens is 3. The molecule has 3 aromatic heterocycles. The lowest BCUT2D eigenvalue weighted by molar-refractivity contribution is 0.0695. The molecule has 0 atom stereocenters. The van der Waals surface area contributed by atoms with E-state index < -0.39 is 22.8 Å². The van der Waals surface area contributed by atoms with Crippen molar-refractivity contribution in [3.63, 3.8) is 0 Å². The van der Waals surface area contributed by atoms with Gasteiger partial charge in [0.15, 0.2) is 22.4 Å². The van der Waals surface area contributed by atoms with Crippen molar-refractivity contribution in [2.45, 2.75) is 0 Å². The topological polar surface area (TPSA) is 101 Å². The van der Waals surface area contributed by atoms with Crippen LogP contribution in [0.15, 0.2) is 52.9 Å². The number of aromatic carboxylic acids is 1. The average molecular weight is 518 g/mol. The Kier molecular flexibility index (Phi) is 6.90. The van der Waals surface area contributed by atoms with Crippen LogP contribution in [0.3, 0.4) is 0 Å². The van der Waals surface area contributed by atoms with E-state index in [2.05, 4.69) is 14.9 Å². The maximum Gasteiger partial charge on any atom is 0.341 e. The number of carboxylic acid groups (broad SMARTS) is 1. The maximum atomic E-state index is 15.2. The van der Waals surface area contributed by atoms with Gasteiger partial charge in [-0.3, -0.25) is 9.36 Å². The number of pyridine rings is 2. The molecule has 1 aliphatic heterocycles. The smallest absolute Gasteiger partial charge is 0.341 e. The fourth-order valence-corrected chi connectivity index (χ4v) is 4.74. The molecule has 9 nitrogen and oxygen atoms in total. The molecule has 0 radical (unpaired) electrons. The van der Waals surface area contributed by atoms with Crippen molar-refractivity contribution in [1.29, 1.82) is 0 Å². The molecular weight excluding hydrogens is 497 g/mol. The highest BCUT2D eigenvalue weighted by molar-refractivity contribution is 7.12. The molecular formula is C23H21ClFN5O4S. The third-order valence-corrected chi connectivity index (χ3v) is 6.54. The van der Waals surface area contributed by atoms with Crippen LogP contribution in [-0.4, -0.2) is 58.9 Å². The van der Waals surface area contributed by atoms with Crippen molar-refractivity contribution >= 4 is 52.3 Å². The first-order valence-electron chi connectivity index (χ1n) is 10.5. The van der Waals surface area contributed by atoms with Crippen LogP contribution in [0, 0.1) is 5.82 Å². The highest BCUT2D eigenvalue weighted by Gasteiger charge is 2.25. The summed E-state index contributed by atoms with van der Waals surface area (Å²) in [5, 5.41) is 11.5. The Labute approximate surface area is 209 Å². The average Bonchev–Trinajstić information content (AvgIpc) is 3.39. The van der Waals surface area contributed by atoms with E-state index in [0.29, 0.717) is 31.3 Å². The second-order valence-electron chi connectivity index (χ2n) is 7.67. The van der Waals surface area contributed by atoms with E-state index in [1.807, 2.05) is 29.2 Å². The van der Waals surface area contributed by atoms with Gasteiger partial charge in [-0.1, -0.05) is 12.1 Å². The second kappa shape index (κ2) is 9.88. The number of piperazine rings is 1. The van der Waals surface area contributed by atoms with Crippen molar-refractivity contribution in [1.82, 2.24) is 14.5 Å². The van der Waals surface area contributed by atoms with Gasteiger partial charge in [0.25, 0.3) is 0 Å². The van der Waals surface area contributed by atoms with Crippen LogP contribution in [0.1, 0.15) is 10.4 Å².